The van der Waals surface area contributed by atoms with E-state index in [9.17, 15) is 18.0 Å². The summed E-state index contributed by atoms with van der Waals surface area (Å²) in [6, 6.07) is 7.85. The van der Waals surface area contributed by atoms with Crippen LogP contribution in [0.5, 0.6) is 0 Å². The lowest BCUT2D eigenvalue weighted by Crippen LogP contribution is -2.27. The third-order valence-corrected chi connectivity index (χ3v) is 3.12. The average molecular weight is 347 g/mol. The van der Waals surface area contributed by atoms with Crippen molar-refractivity contribution in [2.45, 2.75) is 12.7 Å². The van der Waals surface area contributed by atoms with Crippen molar-refractivity contribution in [3.05, 3.63) is 62.5 Å². The Morgan fingerprint density at radius 2 is 1.90 bits per heavy atom. The van der Waals surface area contributed by atoms with E-state index in [0.29, 0.717) is 20.3 Å². The molecule has 2 N–H and O–H groups in total. The van der Waals surface area contributed by atoms with E-state index in [2.05, 4.69) is 15.9 Å². The number of nitrogen functional groups attached to an aromatic ring is 1. The van der Waals surface area contributed by atoms with Crippen molar-refractivity contribution < 1.29 is 13.2 Å². The zero-order valence-electron chi connectivity index (χ0n) is 10.1. The molecular formula is C13H10BrF3N2O. The fraction of sp³-hybridized carbons (Fsp3) is 0.154. The van der Waals surface area contributed by atoms with Crippen molar-refractivity contribution in [1.29, 1.82) is 0 Å². The molecule has 0 fully saturated rings. The molecule has 0 radical (unpaired) electrons. The van der Waals surface area contributed by atoms with Crippen LogP contribution >= 0.6 is 15.9 Å². The second kappa shape index (κ2) is 5.32. The van der Waals surface area contributed by atoms with Gasteiger partial charge in [-0.25, -0.2) is 0 Å². The van der Waals surface area contributed by atoms with Crippen molar-refractivity contribution in [1.82, 2.24) is 4.57 Å². The van der Waals surface area contributed by atoms with E-state index in [4.69, 9.17) is 5.73 Å². The van der Waals surface area contributed by atoms with Crippen LogP contribution in [0.25, 0.3) is 0 Å². The maximum Gasteiger partial charge on any atom is 0.431 e. The van der Waals surface area contributed by atoms with Gasteiger partial charge >= 0.3 is 6.18 Å². The van der Waals surface area contributed by atoms with E-state index in [1.807, 2.05) is 0 Å². The number of benzene rings is 1. The molecule has 0 spiro atoms. The van der Waals surface area contributed by atoms with E-state index in [-0.39, 0.29) is 6.54 Å². The molecule has 1 aromatic heterocycles. The summed E-state index contributed by atoms with van der Waals surface area (Å²) in [5.74, 6) is 0. The van der Waals surface area contributed by atoms with Crippen LogP contribution in [0.3, 0.4) is 0 Å². The molecular weight excluding hydrogens is 337 g/mol. The summed E-state index contributed by atoms with van der Waals surface area (Å²) < 4.78 is 40.0. The highest BCUT2D eigenvalue weighted by Crippen LogP contribution is 2.28. The highest BCUT2D eigenvalue weighted by atomic mass is 79.9. The second-order valence-electron chi connectivity index (χ2n) is 4.23. The zero-order valence-corrected chi connectivity index (χ0v) is 11.7. The van der Waals surface area contributed by atoms with Gasteiger partial charge < -0.3 is 5.73 Å². The molecule has 0 unspecified atom stereocenters. The number of anilines is 1. The fourth-order valence-corrected chi connectivity index (χ4v) is 2.44. The van der Waals surface area contributed by atoms with Gasteiger partial charge in [-0.1, -0.05) is 22.0 Å². The van der Waals surface area contributed by atoms with E-state index < -0.39 is 17.4 Å². The molecule has 106 valence electrons. The van der Waals surface area contributed by atoms with Gasteiger partial charge in [-0.05, 0) is 29.8 Å². The van der Waals surface area contributed by atoms with E-state index in [1.54, 1.807) is 12.1 Å². The van der Waals surface area contributed by atoms with Gasteiger partial charge in [0, 0.05) is 16.2 Å². The van der Waals surface area contributed by atoms with Crippen LogP contribution in [0.1, 0.15) is 11.3 Å². The fourth-order valence-electron chi connectivity index (χ4n) is 1.88. The first-order chi connectivity index (χ1) is 9.27. The molecule has 0 bridgehead atoms. The van der Waals surface area contributed by atoms with E-state index >= 15 is 0 Å². The normalized spacial score (nSPS) is 11.6. The quantitative estimate of drug-likeness (QED) is 0.848. The molecule has 2 rings (SSSR count). The number of rotatable bonds is 2. The molecule has 0 aliphatic rings. The van der Waals surface area contributed by atoms with Gasteiger partial charge in [0.25, 0.3) is 5.56 Å². The van der Waals surface area contributed by atoms with Gasteiger partial charge in [-0.3, -0.25) is 9.36 Å². The molecule has 0 aliphatic heterocycles. The number of hydrogen-bond donors (Lipinski definition) is 1. The third kappa shape index (κ3) is 3.22. The van der Waals surface area contributed by atoms with Crippen molar-refractivity contribution >= 4 is 21.6 Å². The smallest absolute Gasteiger partial charge is 0.399 e. The Labute approximate surface area is 121 Å². The molecule has 1 aromatic carbocycles. The van der Waals surface area contributed by atoms with E-state index in [0.717, 1.165) is 18.2 Å². The van der Waals surface area contributed by atoms with Crippen molar-refractivity contribution in [2.24, 2.45) is 0 Å². The van der Waals surface area contributed by atoms with Crippen LogP contribution in [0, 0.1) is 0 Å². The first-order valence-corrected chi connectivity index (χ1v) is 6.38. The number of nitrogens with two attached hydrogens (primary N) is 1. The molecule has 0 aliphatic carbocycles. The van der Waals surface area contributed by atoms with Crippen LogP contribution in [0.2, 0.25) is 0 Å². The van der Waals surface area contributed by atoms with Crippen LogP contribution in [0.15, 0.2) is 45.7 Å². The minimum absolute atomic E-state index is 0.196. The number of hydrogen-bond acceptors (Lipinski definition) is 2. The minimum atomic E-state index is -4.59. The molecule has 3 nitrogen and oxygen atoms in total. The summed E-state index contributed by atoms with van der Waals surface area (Å²) in [4.78, 5) is 11.7. The molecule has 0 atom stereocenters. The Balaban J connectivity index is 2.51. The Morgan fingerprint density at radius 3 is 2.50 bits per heavy atom. The van der Waals surface area contributed by atoms with Crippen LogP contribution in [-0.2, 0) is 12.7 Å². The van der Waals surface area contributed by atoms with Crippen molar-refractivity contribution in [3.8, 4) is 0 Å². The van der Waals surface area contributed by atoms with Gasteiger partial charge in [-0.2, -0.15) is 13.2 Å². The van der Waals surface area contributed by atoms with Gasteiger partial charge in [0.15, 0.2) is 0 Å². The van der Waals surface area contributed by atoms with Gasteiger partial charge in [0.1, 0.15) is 5.69 Å². The lowest BCUT2D eigenvalue weighted by molar-refractivity contribution is -0.144. The first-order valence-electron chi connectivity index (χ1n) is 5.59. The van der Waals surface area contributed by atoms with Crippen LogP contribution in [-0.4, -0.2) is 4.57 Å². The molecule has 0 saturated heterocycles. The van der Waals surface area contributed by atoms with Crippen molar-refractivity contribution in [3.63, 3.8) is 0 Å². The number of halogens is 4. The molecule has 2 aromatic rings. The summed E-state index contributed by atoms with van der Waals surface area (Å²) in [5.41, 5.74) is 4.86. The Kier molecular flexibility index (Phi) is 3.89. The average Bonchev–Trinajstić information content (AvgIpc) is 2.29. The summed E-state index contributed by atoms with van der Waals surface area (Å²) >= 11 is 3.21. The highest BCUT2D eigenvalue weighted by Gasteiger charge is 2.34. The van der Waals surface area contributed by atoms with Gasteiger partial charge in [0.2, 0.25) is 0 Å². The van der Waals surface area contributed by atoms with Gasteiger partial charge in [-0.15, -0.1) is 0 Å². The zero-order chi connectivity index (χ0) is 14.9. The highest BCUT2D eigenvalue weighted by molar-refractivity contribution is 9.10. The summed E-state index contributed by atoms with van der Waals surface area (Å²) in [6.45, 7) is -0.196. The standard InChI is InChI=1S/C13H10BrF3N2O/c14-9-4-8(5-10(18)6-9)7-19-11(13(15,16)17)2-1-3-12(19)20/h1-6H,7,18H2. The number of aromatic nitrogens is 1. The first kappa shape index (κ1) is 14.6. The monoisotopic (exact) mass is 346 g/mol. The summed E-state index contributed by atoms with van der Waals surface area (Å²) in [7, 11) is 0. The van der Waals surface area contributed by atoms with Crippen LogP contribution in [0.4, 0.5) is 18.9 Å². The molecule has 1 heterocycles. The number of nitrogens with zero attached hydrogens (tertiary/aromatic N) is 1. The van der Waals surface area contributed by atoms with Crippen LogP contribution < -0.4 is 11.3 Å². The second-order valence-corrected chi connectivity index (χ2v) is 5.14. The summed E-state index contributed by atoms with van der Waals surface area (Å²) in [6.07, 6.45) is -4.59. The predicted octanol–water partition coefficient (Wildman–Crippen LogP) is 3.26. The molecule has 20 heavy (non-hydrogen) atoms. The largest absolute Gasteiger partial charge is 0.431 e. The Morgan fingerprint density at radius 1 is 1.20 bits per heavy atom. The third-order valence-electron chi connectivity index (χ3n) is 2.66. The summed E-state index contributed by atoms with van der Waals surface area (Å²) in [5, 5.41) is 0. The lowest BCUT2D eigenvalue weighted by atomic mass is 10.2. The molecule has 0 amide bonds. The van der Waals surface area contributed by atoms with Gasteiger partial charge in [0.05, 0.1) is 6.54 Å². The maximum atomic E-state index is 12.9. The number of alkyl halides is 3. The Bertz CT molecular complexity index is 674. The number of pyridine rings is 1. The maximum absolute atomic E-state index is 12.9. The molecule has 0 saturated carbocycles. The topological polar surface area (TPSA) is 48.0 Å². The Hall–Kier alpha value is -1.76. The lowest BCUT2D eigenvalue weighted by Gasteiger charge is -2.15. The molecule has 7 heteroatoms. The predicted molar refractivity (Wildman–Crippen MR) is 73.4 cm³/mol. The van der Waals surface area contributed by atoms with E-state index in [1.165, 1.54) is 6.07 Å². The minimum Gasteiger partial charge on any atom is -0.399 e. The van der Waals surface area contributed by atoms with Crippen molar-refractivity contribution in [2.75, 3.05) is 5.73 Å². The SMILES string of the molecule is Nc1cc(Br)cc(Cn2c(C(F)(F)F)cccc2=O)c1.